The van der Waals surface area contributed by atoms with Crippen LogP contribution < -0.4 is 10.6 Å². The highest BCUT2D eigenvalue weighted by Gasteiger charge is 2.27. The van der Waals surface area contributed by atoms with Crippen molar-refractivity contribution in [2.24, 2.45) is 0 Å². The van der Waals surface area contributed by atoms with E-state index < -0.39 is 0 Å². The second-order valence-electron chi connectivity index (χ2n) is 6.33. The average molecular weight is 287 g/mol. The zero-order chi connectivity index (χ0) is 14.7. The van der Waals surface area contributed by atoms with E-state index >= 15 is 0 Å². The van der Waals surface area contributed by atoms with Gasteiger partial charge in [0.05, 0.1) is 0 Å². The van der Waals surface area contributed by atoms with Crippen LogP contribution in [0.4, 0.5) is 5.69 Å². The van der Waals surface area contributed by atoms with Crippen molar-refractivity contribution >= 4 is 11.6 Å². The summed E-state index contributed by atoms with van der Waals surface area (Å²) in [4.78, 5) is 14.8. The molecule has 2 aliphatic rings. The molecule has 0 spiro atoms. The maximum absolute atomic E-state index is 12.4. The van der Waals surface area contributed by atoms with Crippen LogP contribution in [0.25, 0.3) is 0 Å². The first-order valence-corrected chi connectivity index (χ1v) is 8.09. The van der Waals surface area contributed by atoms with Gasteiger partial charge in [-0.3, -0.25) is 4.79 Å². The fourth-order valence-electron chi connectivity index (χ4n) is 3.37. The minimum Gasteiger partial charge on any atom is -0.373 e. The Balaban J connectivity index is 1.48. The van der Waals surface area contributed by atoms with Crippen LogP contribution in [0.5, 0.6) is 0 Å². The predicted molar refractivity (Wildman–Crippen MR) is 85.5 cm³/mol. The van der Waals surface area contributed by atoms with Gasteiger partial charge < -0.3 is 15.5 Å². The molecule has 0 bridgehead atoms. The zero-order valence-electron chi connectivity index (χ0n) is 12.8. The summed E-state index contributed by atoms with van der Waals surface area (Å²) in [6, 6.07) is 8.25. The molecule has 114 valence electrons. The Kier molecular flexibility index (Phi) is 4.44. The van der Waals surface area contributed by atoms with E-state index in [1.807, 2.05) is 18.2 Å². The zero-order valence-corrected chi connectivity index (χ0v) is 12.8. The van der Waals surface area contributed by atoms with Gasteiger partial charge in [-0.15, -0.1) is 0 Å². The standard InChI is InChI=1S/C17H25N3O/c1-13(12-20-9-5-2-6-10-20)18-17(21)16-11-14-7-3-4-8-15(14)19-16/h3-4,7-8,13,16,19H,2,5-6,9-12H2,1H3,(H,18,21)/t13?,16-/m0/s1. The summed E-state index contributed by atoms with van der Waals surface area (Å²) in [5.41, 5.74) is 2.34. The molecule has 4 nitrogen and oxygen atoms in total. The van der Waals surface area contributed by atoms with Crippen molar-refractivity contribution in [1.82, 2.24) is 10.2 Å². The van der Waals surface area contributed by atoms with Gasteiger partial charge in [-0.25, -0.2) is 0 Å². The van der Waals surface area contributed by atoms with Crippen LogP contribution in [0.1, 0.15) is 31.7 Å². The molecule has 2 aliphatic heterocycles. The number of benzene rings is 1. The van der Waals surface area contributed by atoms with E-state index in [0.717, 1.165) is 18.7 Å². The number of piperidine rings is 1. The molecule has 1 aromatic rings. The Morgan fingerprint density at radius 3 is 2.86 bits per heavy atom. The Labute approximate surface area is 126 Å². The molecule has 1 unspecified atom stereocenters. The van der Waals surface area contributed by atoms with Gasteiger partial charge >= 0.3 is 0 Å². The second kappa shape index (κ2) is 6.48. The van der Waals surface area contributed by atoms with Gasteiger partial charge in [0.25, 0.3) is 0 Å². The molecule has 1 saturated heterocycles. The van der Waals surface area contributed by atoms with Crippen LogP contribution in [-0.2, 0) is 11.2 Å². The quantitative estimate of drug-likeness (QED) is 0.890. The number of carbonyl (C=O) groups excluding carboxylic acids is 1. The summed E-state index contributed by atoms with van der Waals surface area (Å²) in [5, 5.41) is 6.48. The summed E-state index contributed by atoms with van der Waals surface area (Å²) >= 11 is 0. The van der Waals surface area contributed by atoms with Gasteiger partial charge in [0.1, 0.15) is 6.04 Å². The molecule has 2 atom stereocenters. The number of anilines is 1. The van der Waals surface area contributed by atoms with Crippen LogP contribution >= 0.6 is 0 Å². The highest BCUT2D eigenvalue weighted by Crippen LogP contribution is 2.25. The molecular weight excluding hydrogens is 262 g/mol. The molecule has 0 aromatic heterocycles. The van der Waals surface area contributed by atoms with E-state index in [4.69, 9.17) is 0 Å². The summed E-state index contributed by atoms with van der Waals surface area (Å²) in [6.07, 6.45) is 4.72. The van der Waals surface area contributed by atoms with Crippen molar-refractivity contribution < 1.29 is 4.79 Å². The summed E-state index contributed by atoms with van der Waals surface area (Å²) in [5.74, 6) is 0.121. The molecular formula is C17H25N3O. The Hall–Kier alpha value is -1.55. The fourth-order valence-corrected chi connectivity index (χ4v) is 3.37. The number of nitrogens with one attached hydrogen (secondary N) is 2. The summed E-state index contributed by atoms with van der Waals surface area (Å²) in [7, 11) is 0. The van der Waals surface area contributed by atoms with Crippen molar-refractivity contribution in [3.05, 3.63) is 29.8 Å². The van der Waals surface area contributed by atoms with E-state index in [1.54, 1.807) is 0 Å². The number of para-hydroxylation sites is 1. The second-order valence-corrected chi connectivity index (χ2v) is 6.33. The number of fused-ring (bicyclic) bond motifs is 1. The number of carbonyl (C=O) groups is 1. The first kappa shape index (κ1) is 14.4. The normalized spacial score (nSPS) is 23.2. The minimum absolute atomic E-state index is 0.119. The molecule has 0 radical (unpaired) electrons. The largest absolute Gasteiger partial charge is 0.373 e. The Morgan fingerprint density at radius 2 is 2.10 bits per heavy atom. The van der Waals surface area contributed by atoms with Gasteiger partial charge in [0.2, 0.25) is 5.91 Å². The van der Waals surface area contributed by atoms with E-state index in [9.17, 15) is 4.79 Å². The van der Waals surface area contributed by atoms with Crippen molar-refractivity contribution in [2.75, 3.05) is 25.0 Å². The Bertz CT molecular complexity index is 472. The third-order valence-electron chi connectivity index (χ3n) is 4.46. The number of nitrogens with zero attached hydrogens (tertiary/aromatic N) is 1. The molecule has 1 aromatic carbocycles. The maximum Gasteiger partial charge on any atom is 0.243 e. The van der Waals surface area contributed by atoms with Crippen LogP contribution in [0.2, 0.25) is 0 Å². The lowest BCUT2D eigenvalue weighted by atomic mass is 10.1. The topological polar surface area (TPSA) is 44.4 Å². The highest BCUT2D eigenvalue weighted by molar-refractivity contribution is 5.87. The van der Waals surface area contributed by atoms with Gasteiger partial charge in [0, 0.05) is 24.7 Å². The molecule has 3 rings (SSSR count). The lowest BCUT2D eigenvalue weighted by Gasteiger charge is -2.29. The fraction of sp³-hybridized carbons (Fsp3) is 0.588. The minimum atomic E-state index is -0.119. The lowest BCUT2D eigenvalue weighted by Crippen LogP contribution is -2.48. The monoisotopic (exact) mass is 287 g/mol. The van der Waals surface area contributed by atoms with E-state index in [1.165, 1.54) is 37.9 Å². The summed E-state index contributed by atoms with van der Waals surface area (Å²) < 4.78 is 0. The van der Waals surface area contributed by atoms with Crippen LogP contribution in [0, 0.1) is 0 Å². The van der Waals surface area contributed by atoms with Crippen molar-refractivity contribution in [2.45, 2.75) is 44.7 Å². The predicted octanol–water partition coefficient (Wildman–Crippen LogP) is 2.01. The molecule has 1 fully saturated rings. The van der Waals surface area contributed by atoms with Crippen molar-refractivity contribution in [3.8, 4) is 0 Å². The van der Waals surface area contributed by atoms with Crippen molar-refractivity contribution in [1.29, 1.82) is 0 Å². The number of rotatable bonds is 4. The van der Waals surface area contributed by atoms with Gasteiger partial charge in [0.15, 0.2) is 0 Å². The van der Waals surface area contributed by atoms with Gasteiger partial charge in [-0.1, -0.05) is 24.6 Å². The van der Waals surface area contributed by atoms with Gasteiger partial charge in [-0.05, 0) is 44.5 Å². The maximum atomic E-state index is 12.4. The molecule has 4 heteroatoms. The third kappa shape index (κ3) is 3.56. The summed E-state index contributed by atoms with van der Waals surface area (Å²) in [6.45, 7) is 5.42. The number of hydrogen-bond donors (Lipinski definition) is 2. The molecule has 2 N–H and O–H groups in total. The van der Waals surface area contributed by atoms with Crippen LogP contribution in [0.15, 0.2) is 24.3 Å². The number of hydrogen-bond acceptors (Lipinski definition) is 3. The number of likely N-dealkylation sites (tertiary alicyclic amines) is 1. The molecule has 1 amide bonds. The smallest absolute Gasteiger partial charge is 0.243 e. The van der Waals surface area contributed by atoms with E-state index in [-0.39, 0.29) is 18.0 Å². The molecule has 21 heavy (non-hydrogen) atoms. The van der Waals surface area contributed by atoms with Crippen LogP contribution in [0.3, 0.4) is 0 Å². The van der Waals surface area contributed by atoms with Crippen molar-refractivity contribution in [3.63, 3.8) is 0 Å². The first-order valence-electron chi connectivity index (χ1n) is 8.09. The van der Waals surface area contributed by atoms with Crippen LogP contribution in [-0.4, -0.2) is 42.5 Å². The Morgan fingerprint density at radius 1 is 1.33 bits per heavy atom. The molecule has 2 heterocycles. The molecule has 0 aliphatic carbocycles. The lowest BCUT2D eigenvalue weighted by molar-refractivity contribution is -0.122. The third-order valence-corrected chi connectivity index (χ3v) is 4.46. The average Bonchev–Trinajstić information content (AvgIpc) is 2.92. The van der Waals surface area contributed by atoms with Gasteiger partial charge in [-0.2, -0.15) is 0 Å². The highest BCUT2D eigenvalue weighted by atomic mass is 16.2. The first-order chi connectivity index (χ1) is 10.2. The number of amides is 1. The molecule has 0 saturated carbocycles. The van der Waals surface area contributed by atoms with E-state index in [0.29, 0.717) is 0 Å². The van der Waals surface area contributed by atoms with E-state index in [2.05, 4.69) is 28.5 Å². The SMILES string of the molecule is CC(CN1CCCCC1)NC(=O)[C@@H]1Cc2ccccc2N1.